The fourth-order valence-electron chi connectivity index (χ4n) is 2.54. The third kappa shape index (κ3) is 3.38. The number of nitrogens with zero attached hydrogens (tertiary/aromatic N) is 3. The molecule has 25 heavy (non-hydrogen) atoms. The molecule has 0 fully saturated rings. The van der Waals surface area contributed by atoms with Crippen LogP contribution in [0.15, 0.2) is 42.5 Å². The number of nitrogens with one attached hydrogen (secondary N) is 1. The van der Waals surface area contributed by atoms with Crippen LogP contribution in [0.4, 0.5) is 5.69 Å². The Morgan fingerprint density at radius 1 is 1.08 bits per heavy atom. The van der Waals surface area contributed by atoms with Crippen molar-refractivity contribution in [3.8, 4) is 11.4 Å². The van der Waals surface area contributed by atoms with Gasteiger partial charge in [0.15, 0.2) is 5.69 Å². The van der Waals surface area contributed by atoms with E-state index in [1.54, 1.807) is 11.8 Å². The van der Waals surface area contributed by atoms with E-state index in [9.17, 15) is 4.79 Å². The van der Waals surface area contributed by atoms with Crippen molar-refractivity contribution in [3.63, 3.8) is 0 Å². The second-order valence-electron chi connectivity index (χ2n) is 5.89. The molecule has 0 atom stereocenters. The van der Waals surface area contributed by atoms with Gasteiger partial charge in [-0.1, -0.05) is 17.3 Å². The number of carbonyl (C=O) groups excluding carboxylic acids is 1. The Kier molecular flexibility index (Phi) is 4.52. The normalized spacial score (nSPS) is 10.6. The molecule has 1 N–H and O–H groups in total. The molecule has 0 aliphatic carbocycles. The number of amides is 1. The predicted molar refractivity (Wildman–Crippen MR) is 96.5 cm³/mol. The number of aryl methyl sites for hydroxylation is 2. The first-order valence-electron chi connectivity index (χ1n) is 7.95. The van der Waals surface area contributed by atoms with Gasteiger partial charge in [-0.2, -0.15) is 0 Å². The maximum absolute atomic E-state index is 12.5. The molecule has 6 nitrogen and oxygen atoms in total. The first kappa shape index (κ1) is 16.7. The van der Waals surface area contributed by atoms with Crippen molar-refractivity contribution in [2.75, 3.05) is 12.4 Å². The van der Waals surface area contributed by atoms with E-state index in [-0.39, 0.29) is 5.91 Å². The fourth-order valence-corrected chi connectivity index (χ4v) is 2.54. The third-order valence-electron chi connectivity index (χ3n) is 4.17. The van der Waals surface area contributed by atoms with E-state index in [0.717, 1.165) is 16.9 Å². The molecule has 0 radical (unpaired) electrons. The van der Waals surface area contributed by atoms with Gasteiger partial charge in [-0.15, -0.1) is 5.10 Å². The van der Waals surface area contributed by atoms with Crippen molar-refractivity contribution < 1.29 is 9.53 Å². The zero-order valence-electron chi connectivity index (χ0n) is 14.7. The average molecular weight is 336 g/mol. The zero-order chi connectivity index (χ0) is 18.0. The van der Waals surface area contributed by atoms with Crippen LogP contribution in [0.25, 0.3) is 5.69 Å². The molecule has 6 heteroatoms. The van der Waals surface area contributed by atoms with Gasteiger partial charge in [0, 0.05) is 11.8 Å². The largest absolute Gasteiger partial charge is 0.497 e. The summed E-state index contributed by atoms with van der Waals surface area (Å²) in [5.74, 6) is 0.434. The van der Waals surface area contributed by atoms with E-state index < -0.39 is 0 Å². The Labute approximate surface area is 146 Å². The summed E-state index contributed by atoms with van der Waals surface area (Å²) in [4.78, 5) is 12.5. The number of carbonyl (C=O) groups is 1. The molecule has 0 spiro atoms. The number of aromatic nitrogens is 3. The highest BCUT2D eigenvalue weighted by molar-refractivity contribution is 6.03. The van der Waals surface area contributed by atoms with Crippen LogP contribution in [0.1, 0.15) is 27.3 Å². The van der Waals surface area contributed by atoms with E-state index in [1.807, 2.05) is 63.2 Å². The van der Waals surface area contributed by atoms with Crippen molar-refractivity contribution in [2.24, 2.45) is 0 Å². The minimum atomic E-state index is -0.283. The Bertz CT molecular complexity index is 931. The molecule has 0 unspecified atom stereocenters. The number of methoxy groups -OCH3 is 1. The lowest BCUT2D eigenvalue weighted by atomic mass is 10.1. The smallest absolute Gasteiger partial charge is 0.278 e. The molecular weight excluding hydrogens is 316 g/mol. The molecule has 0 bridgehead atoms. The predicted octanol–water partition coefficient (Wildman–Crippen LogP) is 3.45. The molecule has 0 saturated heterocycles. The molecule has 3 aromatic rings. The van der Waals surface area contributed by atoms with Gasteiger partial charge in [0.05, 0.1) is 18.5 Å². The number of anilines is 1. The summed E-state index contributed by atoms with van der Waals surface area (Å²) in [6.45, 7) is 5.86. The molecule has 1 heterocycles. The molecule has 2 aromatic carbocycles. The minimum Gasteiger partial charge on any atom is -0.497 e. The molecule has 0 saturated carbocycles. The number of hydrogen-bond donors (Lipinski definition) is 1. The van der Waals surface area contributed by atoms with E-state index >= 15 is 0 Å². The topological polar surface area (TPSA) is 69.0 Å². The Hall–Kier alpha value is -3.15. The third-order valence-corrected chi connectivity index (χ3v) is 4.17. The first-order valence-corrected chi connectivity index (χ1v) is 7.95. The summed E-state index contributed by atoms with van der Waals surface area (Å²) < 4.78 is 6.85. The van der Waals surface area contributed by atoms with Crippen molar-refractivity contribution in [3.05, 3.63) is 65.0 Å². The van der Waals surface area contributed by atoms with Crippen LogP contribution in [-0.2, 0) is 0 Å². The van der Waals surface area contributed by atoms with Gasteiger partial charge in [-0.3, -0.25) is 4.79 Å². The van der Waals surface area contributed by atoms with Gasteiger partial charge in [0.2, 0.25) is 0 Å². The monoisotopic (exact) mass is 336 g/mol. The second kappa shape index (κ2) is 6.76. The van der Waals surface area contributed by atoms with Crippen molar-refractivity contribution in [1.29, 1.82) is 0 Å². The van der Waals surface area contributed by atoms with Crippen molar-refractivity contribution >= 4 is 11.6 Å². The Morgan fingerprint density at radius 2 is 1.88 bits per heavy atom. The molecule has 128 valence electrons. The van der Waals surface area contributed by atoms with Crippen LogP contribution in [-0.4, -0.2) is 28.0 Å². The van der Waals surface area contributed by atoms with E-state index in [0.29, 0.717) is 17.1 Å². The molecule has 1 amide bonds. The SMILES string of the molecule is COc1cccc(-n2nnc(C(=O)Nc3ccc(C)c(C)c3)c2C)c1. The van der Waals surface area contributed by atoms with E-state index in [4.69, 9.17) is 4.74 Å². The maximum atomic E-state index is 12.5. The highest BCUT2D eigenvalue weighted by Crippen LogP contribution is 2.19. The van der Waals surface area contributed by atoms with Crippen molar-refractivity contribution in [1.82, 2.24) is 15.0 Å². The van der Waals surface area contributed by atoms with Crippen LogP contribution >= 0.6 is 0 Å². The summed E-state index contributed by atoms with van der Waals surface area (Å²) in [5, 5.41) is 11.0. The fraction of sp³-hybridized carbons (Fsp3) is 0.211. The summed E-state index contributed by atoms with van der Waals surface area (Å²) in [6, 6.07) is 13.2. The van der Waals surface area contributed by atoms with Crippen LogP contribution in [0.3, 0.4) is 0 Å². The maximum Gasteiger partial charge on any atom is 0.278 e. The second-order valence-corrected chi connectivity index (χ2v) is 5.89. The van der Waals surface area contributed by atoms with Crippen LogP contribution in [0.5, 0.6) is 5.75 Å². The summed E-state index contributed by atoms with van der Waals surface area (Å²) in [5.41, 5.74) is 4.78. The van der Waals surface area contributed by atoms with E-state index in [2.05, 4.69) is 15.6 Å². The highest BCUT2D eigenvalue weighted by atomic mass is 16.5. The van der Waals surface area contributed by atoms with Gasteiger partial charge in [0.1, 0.15) is 5.75 Å². The first-order chi connectivity index (χ1) is 12.0. The van der Waals surface area contributed by atoms with Crippen LogP contribution in [0.2, 0.25) is 0 Å². The van der Waals surface area contributed by atoms with Gasteiger partial charge in [-0.05, 0) is 56.2 Å². The Balaban J connectivity index is 1.87. The lowest BCUT2D eigenvalue weighted by Crippen LogP contribution is -2.14. The molecule has 1 aromatic heterocycles. The molecular formula is C19H20N4O2. The van der Waals surface area contributed by atoms with Crippen LogP contribution < -0.4 is 10.1 Å². The summed E-state index contributed by atoms with van der Waals surface area (Å²) in [7, 11) is 1.61. The molecule has 0 aliphatic heterocycles. The van der Waals surface area contributed by atoms with E-state index in [1.165, 1.54) is 5.56 Å². The zero-order valence-corrected chi connectivity index (χ0v) is 14.7. The number of hydrogen-bond acceptors (Lipinski definition) is 4. The lowest BCUT2D eigenvalue weighted by molar-refractivity contribution is 0.102. The van der Waals surface area contributed by atoms with Crippen LogP contribution in [0, 0.1) is 20.8 Å². The van der Waals surface area contributed by atoms with Gasteiger partial charge < -0.3 is 10.1 Å². The van der Waals surface area contributed by atoms with Gasteiger partial charge >= 0.3 is 0 Å². The summed E-state index contributed by atoms with van der Waals surface area (Å²) in [6.07, 6.45) is 0. The molecule has 3 rings (SSSR count). The Morgan fingerprint density at radius 3 is 2.60 bits per heavy atom. The highest BCUT2D eigenvalue weighted by Gasteiger charge is 2.18. The van der Waals surface area contributed by atoms with Gasteiger partial charge in [-0.25, -0.2) is 4.68 Å². The van der Waals surface area contributed by atoms with Crippen molar-refractivity contribution in [2.45, 2.75) is 20.8 Å². The number of ether oxygens (including phenoxy) is 1. The average Bonchev–Trinajstić information content (AvgIpc) is 3.00. The molecule has 0 aliphatic rings. The van der Waals surface area contributed by atoms with Gasteiger partial charge in [0.25, 0.3) is 5.91 Å². The lowest BCUT2D eigenvalue weighted by Gasteiger charge is -2.08. The number of benzene rings is 2. The number of rotatable bonds is 4. The quantitative estimate of drug-likeness (QED) is 0.792. The summed E-state index contributed by atoms with van der Waals surface area (Å²) >= 11 is 0. The standard InChI is InChI=1S/C19H20N4O2/c1-12-8-9-15(10-13(12)2)20-19(24)18-14(3)23(22-21-18)16-6-5-7-17(11-16)25-4/h5-11H,1-4H3,(H,20,24). The minimum absolute atomic E-state index is 0.283.